The van der Waals surface area contributed by atoms with Crippen molar-refractivity contribution in [3.8, 4) is 11.5 Å². The number of hydrogen-bond acceptors (Lipinski definition) is 3. The molecule has 2 aromatic carbocycles. The number of carbonyl (C=O) groups excluding carboxylic acids is 1. The van der Waals surface area contributed by atoms with Crippen molar-refractivity contribution in [1.82, 2.24) is 0 Å². The van der Waals surface area contributed by atoms with E-state index >= 15 is 0 Å². The minimum Gasteiger partial charge on any atom is -0.505 e. The van der Waals surface area contributed by atoms with Crippen LogP contribution in [0.1, 0.15) is 34.0 Å². The van der Waals surface area contributed by atoms with Gasteiger partial charge in [-0.05, 0) is 36.8 Å². The van der Waals surface area contributed by atoms with Gasteiger partial charge in [0.1, 0.15) is 11.9 Å². The van der Waals surface area contributed by atoms with Crippen LogP contribution in [0.25, 0.3) is 0 Å². The third-order valence-corrected chi connectivity index (χ3v) is 3.42. The molecule has 3 rings (SSSR count). The first kappa shape index (κ1) is 12.7. The van der Waals surface area contributed by atoms with Gasteiger partial charge in [-0.25, -0.2) is 4.39 Å². The Hall–Kier alpha value is -2.36. The number of rotatable bonds is 1. The van der Waals surface area contributed by atoms with Crippen molar-refractivity contribution >= 4 is 5.78 Å². The van der Waals surface area contributed by atoms with E-state index in [9.17, 15) is 14.3 Å². The number of fused-ring (bicyclic) bond motifs is 1. The highest BCUT2D eigenvalue weighted by Crippen LogP contribution is 2.36. The molecule has 1 atom stereocenters. The number of phenols is 1. The van der Waals surface area contributed by atoms with Crippen molar-refractivity contribution in [2.75, 3.05) is 0 Å². The first-order valence-corrected chi connectivity index (χ1v) is 6.33. The third-order valence-electron chi connectivity index (χ3n) is 3.42. The number of aromatic hydroxyl groups is 1. The predicted molar refractivity (Wildman–Crippen MR) is 71.6 cm³/mol. The molecule has 0 amide bonds. The fourth-order valence-corrected chi connectivity index (χ4v) is 2.35. The number of ether oxygens (including phenoxy) is 1. The van der Waals surface area contributed by atoms with Crippen molar-refractivity contribution < 1.29 is 19.0 Å². The normalized spacial score (nSPS) is 17.5. The minimum atomic E-state index is -0.715. The summed E-state index contributed by atoms with van der Waals surface area (Å²) in [6.07, 6.45) is -0.353. The summed E-state index contributed by atoms with van der Waals surface area (Å²) in [6.45, 7) is 1.91. The molecule has 0 saturated heterocycles. The van der Waals surface area contributed by atoms with Crippen LogP contribution < -0.4 is 4.74 Å². The molecule has 102 valence electrons. The van der Waals surface area contributed by atoms with Crippen LogP contribution >= 0.6 is 0 Å². The summed E-state index contributed by atoms with van der Waals surface area (Å²) in [5.74, 6) is -0.626. The van der Waals surface area contributed by atoms with E-state index in [4.69, 9.17) is 4.74 Å². The monoisotopic (exact) mass is 272 g/mol. The van der Waals surface area contributed by atoms with Crippen LogP contribution in [-0.4, -0.2) is 10.9 Å². The number of aryl methyl sites for hydroxylation is 1. The largest absolute Gasteiger partial charge is 0.505 e. The summed E-state index contributed by atoms with van der Waals surface area (Å²) in [5, 5.41) is 9.20. The van der Waals surface area contributed by atoms with Gasteiger partial charge < -0.3 is 9.84 Å². The molecule has 1 aliphatic heterocycles. The van der Waals surface area contributed by atoms with Gasteiger partial charge in [-0.2, -0.15) is 0 Å². The van der Waals surface area contributed by atoms with E-state index in [2.05, 4.69) is 0 Å². The first-order chi connectivity index (χ1) is 9.54. The first-order valence-electron chi connectivity index (χ1n) is 6.33. The Labute approximate surface area is 115 Å². The number of Topliss-reactive ketones (excluding diaryl/α,β-unsaturated/α-hetero) is 1. The molecule has 0 aliphatic carbocycles. The van der Waals surface area contributed by atoms with Crippen molar-refractivity contribution in [3.05, 3.63) is 58.9 Å². The number of carbonyl (C=O) groups is 1. The quantitative estimate of drug-likeness (QED) is 0.863. The van der Waals surface area contributed by atoms with Gasteiger partial charge in [0.2, 0.25) is 0 Å². The Bertz CT molecular complexity index is 694. The number of benzene rings is 2. The minimum absolute atomic E-state index is 0.0200. The number of halogens is 1. The highest BCUT2D eigenvalue weighted by Gasteiger charge is 2.28. The van der Waals surface area contributed by atoms with E-state index in [0.29, 0.717) is 16.9 Å². The molecule has 0 radical (unpaired) electrons. The number of ketones is 1. The van der Waals surface area contributed by atoms with Crippen LogP contribution in [0.3, 0.4) is 0 Å². The van der Waals surface area contributed by atoms with Crippen LogP contribution in [-0.2, 0) is 0 Å². The maximum Gasteiger partial charge on any atom is 0.170 e. The summed E-state index contributed by atoms with van der Waals surface area (Å²) in [4.78, 5) is 12.2. The maximum absolute atomic E-state index is 13.4. The summed E-state index contributed by atoms with van der Waals surface area (Å²) in [5.41, 5.74) is 2.11. The van der Waals surface area contributed by atoms with E-state index in [-0.39, 0.29) is 12.2 Å². The molecule has 0 bridgehead atoms. The highest BCUT2D eigenvalue weighted by molar-refractivity contribution is 6.00. The Morgan fingerprint density at radius 2 is 2.05 bits per heavy atom. The summed E-state index contributed by atoms with van der Waals surface area (Å²) in [7, 11) is 0. The molecule has 2 aromatic rings. The lowest BCUT2D eigenvalue weighted by Crippen LogP contribution is -2.20. The van der Waals surface area contributed by atoms with E-state index in [1.54, 1.807) is 18.2 Å². The second-order valence-corrected chi connectivity index (χ2v) is 4.94. The SMILES string of the molecule is Cc1ccc2c(c1)C(=O)CC(c1ccc(O)c(F)c1)O2. The standard InChI is InChI=1S/C16H13FO3/c1-9-2-5-15-11(6-9)14(19)8-16(20-15)10-3-4-13(18)12(17)7-10/h2-7,16,18H,8H2,1H3. The molecule has 20 heavy (non-hydrogen) atoms. The van der Waals surface area contributed by atoms with Crippen molar-refractivity contribution in [3.63, 3.8) is 0 Å². The summed E-state index contributed by atoms with van der Waals surface area (Å²) in [6, 6.07) is 9.45. The molecule has 0 saturated carbocycles. The average Bonchev–Trinajstić information content (AvgIpc) is 2.42. The van der Waals surface area contributed by atoms with E-state index in [1.807, 2.05) is 13.0 Å². The van der Waals surface area contributed by atoms with E-state index < -0.39 is 17.7 Å². The van der Waals surface area contributed by atoms with Gasteiger partial charge in [0.15, 0.2) is 17.3 Å². The molecule has 1 heterocycles. The molecule has 0 fully saturated rings. The Morgan fingerprint density at radius 3 is 2.80 bits per heavy atom. The van der Waals surface area contributed by atoms with Crippen LogP contribution in [0.2, 0.25) is 0 Å². The Kier molecular flexibility index (Phi) is 2.93. The topological polar surface area (TPSA) is 46.5 Å². The predicted octanol–water partition coefficient (Wildman–Crippen LogP) is 3.55. The van der Waals surface area contributed by atoms with Crippen LogP contribution in [0.15, 0.2) is 36.4 Å². The molecular weight excluding hydrogens is 259 g/mol. The Morgan fingerprint density at radius 1 is 1.25 bits per heavy atom. The van der Waals surface area contributed by atoms with Gasteiger partial charge in [0.25, 0.3) is 0 Å². The second-order valence-electron chi connectivity index (χ2n) is 4.94. The summed E-state index contributed by atoms with van der Waals surface area (Å²) >= 11 is 0. The Balaban J connectivity index is 1.97. The molecule has 1 unspecified atom stereocenters. The molecule has 0 spiro atoms. The molecule has 0 aromatic heterocycles. The second kappa shape index (κ2) is 4.63. The van der Waals surface area contributed by atoms with Crippen LogP contribution in [0, 0.1) is 12.7 Å². The van der Waals surface area contributed by atoms with E-state index in [1.165, 1.54) is 12.1 Å². The maximum atomic E-state index is 13.4. The lowest BCUT2D eigenvalue weighted by molar-refractivity contribution is 0.0849. The lowest BCUT2D eigenvalue weighted by atomic mass is 9.95. The highest BCUT2D eigenvalue weighted by atomic mass is 19.1. The zero-order valence-corrected chi connectivity index (χ0v) is 10.9. The van der Waals surface area contributed by atoms with Gasteiger partial charge in [0, 0.05) is 0 Å². The van der Waals surface area contributed by atoms with Gasteiger partial charge in [0.05, 0.1) is 12.0 Å². The molecule has 1 N–H and O–H groups in total. The summed E-state index contributed by atoms with van der Waals surface area (Å²) < 4.78 is 19.2. The third kappa shape index (κ3) is 2.13. The molecule has 4 heteroatoms. The smallest absolute Gasteiger partial charge is 0.170 e. The molecule has 1 aliphatic rings. The zero-order chi connectivity index (χ0) is 14.3. The molecule has 3 nitrogen and oxygen atoms in total. The number of phenolic OH excluding ortho intramolecular Hbond substituents is 1. The van der Waals surface area contributed by atoms with E-state index in [0.717, 1.165) is 5.56 Å². The fourth-order valence-electron chi connectivity index (χ4n) is 2.35. The van der Waals surface area contributed by atoms with Crippen molar-refractivity contribution in [2.24, 2.45) is 0 Å². The number of hydrogen-bond donors (Lipinski definition) is 1. The van der Waals surface area contributed by atoms with Gasteiger partial charge in [-0.3, -0.25) is 4.79 Å². The zero-order valence-electron chi connectivity index (χ0n) is 10.9. The average molecular weight is 272 g/mol. The lowest BCUT2D eigenvalue weighted by Gasteiger charge is -2.25. The fraction of sp³-hybridized carbons (Fsp3) is 0.188. The van der Waals surface area contributed by atoms with Crippen LogP contribution in [0.5, 0.6) is 11.5 Å². The van der Waals surface area contributed by atoms with Gasteiger partial charge in [-0.15, -0.1) is 0 Å². The van der Waals surface area contributed by atoms with Crippen molar-refractivity contribution in [2.45, 2.75) is 19.4 Å². The van der Waals surface area contributed by atoms with Gasteiger partial charge in [-0.1, -0.05) is 17.7 Å². The van der Waals surface area contributed by atoms with Gasteiger partial charge >= 0.3 is 0 Å². The van der Waals surface area contributed by atoms with Crippen LogP contribution in [0.4, 0.5) is 4.39 Å². The molecular formula is C16H13FO3. The van der Waals surface area contributed by atoms with Crippen molar-refractivity contribution in [1.29, 1.82) is 0 Å².